The fourth-order valence-corrected chi connectivity index (χ4v) is 4.28. The minimum absolute atomic E-state index is 0.0481. The summed E-state index contributed by atoms with van der Waals surface area (Å²) in [5.74, 6) is -1.33. The third kappa shape index (κ3) is 5.99. The molecule has 9 heteroatoms. The van der Waals surface area contributed by atoms with E-state index in [1.165, 1.54) is 12.1 Å². The lowest BCUT2D eigenvalue weighted by Crippen LogP contribution is -2.25. The molecule has 0 aliphatic heterocycles. The molecule has 192 valence electrons. The highest BCUT2D eigenvalue weighted by atomic mass is 19.4. The molecule has 0 aliphatic rings. The summed E-state index contributed by atoms with van der Waals surface area (Å²) in [7, 11) is 0. The summed E-state index contributed by atoms with van der Waals surface area (Å²) in [6, 6.07) is 18.0. The van der Waals surface area contributed by atoms with E-state index in [4.69, 9.17) is 5.11 Å². The number of nitrogens with zero attached hydrogens (tertiary/aromatic N) is 2. The summed E-state index contributed by atoms with van der Waals surface area (Å²) in [4.78, 5) is 23.0. The van der Waals surface area contributed by atoms with E-state index in [1.54, 1.807) is 18.3 Å². The van der Waals surface area contributed by atoms with Gasteiger partial charge < -0.3 is 10.4 Å². The Hall–Kier alpha value is -4.14. The molecule has 4 aromatic rings. The van der Waals surface area contributed by atoms with Gasteiger partial charge in [-0.2, -0.15) is 18.3 Å². The van der Waals surface area contributed by atoms with Crippen molar-refractivity contribution < 1.29 is 27.9 Å². The maximum Gasteiger partial charge on any atom is 0.416 e. The number of carbonyl (C=O) groups excluding carboxylic acids is 1. The van der Waals surface area contributed by atoms with Gasteiger partial charge in [-0.25, -0.2) is 0 Å². The number of hydrogen-bond donors (Lipinski definition) is 2. The van der Waals surface area contributed by atoms with Crippen LogP contribution in [0.25, 0.3) is 22.0 Å². The monoisotopic (exact) mass is 509 g/mol. The van der Waals surface area contributed by atoms with E-state index in [9.17, 15) is 22.8 Å². The van der Waals surface area contributed by atoms with Crippen molar-refractivity contribution in [3.8, 4) is 11.1 Å². The summed E-state index contributed by atoms with van der Waals surface area (Å²) >= 11 is 0. The SMILES string of the molecule is CCC[C@@H](c1ccc(-c2ccc(C(F)(F)F)cc2)cc1)n1ncc2cc(C(=O)NCCC(=O)O)ccc21. The molecule has 1 atom stereocenters. The summed E-state index contributed by atoms with van der Waals surface area (Å²) < 4.78 is 40.5. The normalized spacial score (nSPS) is 12.4. The fourth-order valence-electron chi connectivity index (χ4n) is 4.28. The van der Waals surface area contributed by atoms with Crippen LogP contribution in [-0.4, -0.2) is 33.3 Å². The van der Waals surface area contributed by atoms with Crippen LogP contribution in [-0.2, 0) is 11.0 Å². The first-order valence-corrected chi connectivity index (χ1v) is 11.9. The topological polar surface area (TPSA) is 84.2 Å². The van der Waals surface area contributed by atoms with E-state index in [1.807, 2.05) is 35.0 Å². The average Bonchev–Trinajstić information content (AvgIpc) is 3.30. The van der Waals surface area contributed by atoms with Crippen molar-refractivity contribution in [1.82, 2.24) is 15.1 Å². The minimum Gasteiger partial charge on any atom is -0.481 e. The number of hydrogen-bond acceptors (Lipinski definition) is 3. The van der Waals surface area contributed by atoms with Crippen LogP contribution in [0.5, 0.6) is 0 Å². The number of alkyl halides is 3. The Morgan fingerprint density at radius 2 is 1.65 bits per heavy atom. The number of benzene rings is 3. The van der Waals surface area contributed by atoms with Gasteiger partial charge in [-0.1, -0.05) is 49.7 Å². The Morgan fingerprint density at radius 1 is 1.00 bits per heavy atom. The van der Waals surface area contributed by atoms with Crippen molar-refractivity contribution in [3.05, 3.63) is 89.6 Å². The van der Waals surface area contributed by atoms with Gasteiger partial charge in [0.15, 0.2) is 0 Å². The molecule has 4 rings (SSSR count). The van der Waals surface area contributed by atoms with E-state index < -0.39 is 17.7 Å². The van der Waals surface area contributed by atoms with Crippen LogP contribution in [0.1, 0.15) is 53.7 Å². The Bertz CT molecular complexity index is 1390. The second-order valence-corrected chi connectivity index (χ2v) is 8.76. The van der Waals surface area contributed by atoms with Gasteiger partial charge in [0.25, 0.3) is 5.91 Å². The standard InChI is InChI=1S/C28H26F3N3O3/c1-2-3-24(20-6-4-18(5-7-20)19-8-11-23(12-9-19)28(29,30)31)34-25-13-10-21(16-22(25)17-33-34)27(37)32-15-14-26(35)36/h4-13,16-17,24H,2-3,14-15H2,1H3,(H,32,37)(H,35,36)/t24-/m0/s1. The van der Waals surface area contributed by atoms with Crippen molar-refractivity contribution in [3.63, 3.8) is 0 Å². The highest BCUT2D eigenvalue weighted by Crippen LogP contribution is 2.32. The van der Waals surface area contributed by atoms with Crippen LogP contribution in [0.15, 0.2) is 72.9 Å². The zero-order valence-corrected chi connectivity index (χ0v) is 20.1. The number of carboxylic acids is 1. The molecule has 0 aliphatic carbocycles. The van der Waals surface area contributed by atoms with Crippen molar-refractivity contribution >= 4 is 22.8 Å². The van der Waals surface area contributed by atoms with E-state index in [-0.39, 0.29) is 24.9 Å². The Kier molecular flexibility index (Phi) is 7.61. The highest BCUT2D eigenvalue weighted by molar-refractivity contribution is 5.98. The molecular weight excluding hydrogens is 483 g/mol. The quantitative estimate of drug-likeness (QED) is 0.277. The number of nitrogens with one attached hydrogen (secondary N) is 1. The number of aliphatic carboxylic acids is 1. The number of fused-ring (bicyclic) bond motifs is 1. The maximum absolute atomic E-state index is 12.9. The van der Waals surface area contributed by atoms with Gasteiger partial charge in [0.1, 0.15) is 0 Å². The predicted molar refractivity (Wildman–Crippen MR) is 134 cm³/mol. The molecule has 0 saturated carbocycles. The minimum atomic E-state index is -4.37. The van der Waals surface area contributed by atoms with E-state index in [0.29, 0.717) is 11.1 Å². The van der Waals surface area contributed by atoms with Gasteiger partial charge in [-0.3, -0.25) is 14.3 Å². The Morgan fingerprint density at radius 3 is 2.24 bits per heavy atom. The molecule has 37 heavy (non-hydrogen) atoms. The zero-order chi connectivity index (χ0) is 26.6. The molecule has 1 heterocycles. The van der Waals surface area contributed by atoms with E-state index >= 15 is 0 Å². The molecule has 3 aromatic carbocycles. The molecule has 0 bridgehead atoms. The van der Waals surface area contributed by atoms with Crippen molar-refractivity contribution in [1.29, 1.82) is 0 Å². The second-order valence-electron chi connectivity index (χ2n) is 8.76. The Labute approximate surface area is 211 Å². The number of aromatic nitrogens is 2. The molecule has 1 aromatic heterocycles. The van der Waals surface area contributed by atoms with Gasteiger partial charge >= 0.3 is 12.1 Å². The predicted octanol–water partition coefficient (Wildman–Crippen LogP) is 6.32. The lowest BCUT2D eigenvalue weighted by Gasteiger charge is -2.19. The lowest BCUT2D eigenvalue weighted by molar-refractivity contribution is -0.138. The summed E-state index contributed by atoms with van der Waals surface area (Å²) in [6.45, 7) is 2.13. The molecule has 0 spiro atoms. The molecule has 2 N–H and O–H groups in total. The average molecular weight is 510 g/mol. The van der Waals surface area contributed by atoms with Crippen LogP contribution in [0.2, 0.25) is 0 Å². The summed E-state index contributed by atoms with van der Waals surface area (Å²) in [5.41, 5.74) is 3.12. The third-order valence-electron chi connectivity index (χ3n) is 6.18. The molecule has 6 nitrogen and oxygen atoms in total. The van der Waals surface area contributed by atoms with Crippen molar-refractivity contribution in [2.45, 2.75) is 38.4 Å². The van der Waals surface area contributed by atoms with E-state index in [0.717, 1.165) is 47.0 Å². The van der Waals surface area contributed by atoms with Crippen LogP contribution in [0.4, 0.5) is 13.2 Å². The smallest absolute Gasteiger partial charge is 0.416 e. The largest absolute Gasteiger partial charge is 0.481 e. The highest BCUT2D eigenvalue weighted by Gasteiger charge is 2.30. The first-order chi connectivity index (χ1) is 17.7. The second kappa shape index (κ2) is 10.9. The van der Waals surface area contributed by atoms with Crippen LogP contribution < -0.4 is 5.32 Å². The van der Waals surface area contributed by atoms with Crippen LogP contribution >= 0.6 is 0 Å². The summed E-state index contributed by atoms with van der Waals surface area (Å²) in [5, 5.41) is 16.7. The summed E-state index contributed by atoms with van der Waals surface area (Å²) in [6.07, 6.45) is -1.11. The van der Waals surface area contributed by atoms with Crippen molar-refractivity contribution in [2.75, 3.05) is 6.54 Å². The van der Waals surface area contributed by atoms with Crippen LogP contribution in [0.3, 0.4) is 0 Å². The number of amides is 1. The molecule has 0 saturated heterocycles. The molecular formula is C28H26F3N3O3. The lowest BCUT2D eigenvalue weighted by atomic mass is 9.97. The van der Waals surface area contributed by atoms with Crippen molar-refractivity contribution in [2.24, 2.45) is 0 Å². The number of halogens is 3. The number of carbonyl (C=O) groups is 2. The van der Waals surface area contributed by atoms with Gasteiger partial charge in [0, 0.05) is 17.5 Å². The van der Waals surface area contributed by atoms with E-state index in [2.05, 4.69) is 17.3 Å². The van der Waals surface area contributed by atoms with Gasteiger partial charge in [0.05, 0.1) is 29.7 Å². The fraction of sp³-hybridized carbons (Fsp3) is 0.250. The first kappa shape index (κ1) is 25.9. The molecule has 0 fully saturated rings. The zero-order valence-electron chi connectivity index (χ0n) is 20.1. The first-order valence-electron chi connectivity index (χ1n) is 11.9. The number of carboxylic acid groups (broad SMARTS) is 1. The maximum atomic E-state index is 12.9. The van der Waals surface area contributed by atoms with Gasteiger partial charge in [-0.05, 0) is 53.4 Å². The van der Waals surface area contributed by atoms with Gasteiger partial charge in [0.2, 0.25) is 0 Å². The Balaban J connectivity index is 1.56. The molecule has 0 unspecified atom stereocenters. The van der Waals surface area contributed by atoms with Gasteiger partial charge in [-0.15, -0.1) is 0 Å². The molecule has 0 radical (unpaired) electrons. The van der Waals surface area contributed by atoms with Crippen LogP contribution in [0, 0.1) is 0 Å². The third-order valence-corrected chi connectivity index (χ3v) is 6.18. The molecule has 1 amide bonds. The number of rotatable bonds is 9.